The Bertz CT molecular complexity index is 1170. The zero-order chi connectivity index (χ0) is 23.4. The summed E-state index contributed by atoms with van der Waals surface area (Å²) in [5.74, 6) is -1.68. The maximum absolute atomic E-state index is 12.5. The Hall–Kier alpha value is -4.26. The molecule has 33 heavy (non-hydrogen) atoms. The Labute approximate surface area is 191 Å². The number of carbonyl (C=O) groups is 4. The number of fused-ring (bicyclic) bond motifs is 1. The van der Waals surface area contributed by atoms with Crippen LogP contribution in [0, 0.1) is 0 Å². The maximum atomic E-state index is 12.5. The molecule has 3 aromatic carbocycles. The molecule has 166 valence electrons. The smallest absolute Gasteiger partial charge is 0.262 e. The largest absolute Gasteiger partial charge is 0.353 e. The number of nitrogens with one attached hydrogen (secondary N) is 2. The average molecular weight is 441 g/mol. The van der Waals surface area contributed by atoms with Crippen LogP contribution in [-0.4, -0.2) is 47.7 Å². The van der Waals surface area contributed by atoms with Crippen LogP contribution in [0.5, 0.6) is 0 Å². The Balaban J connectivity index is 1.26. The van der Waals surface area contributed by atoms with Crippen LogP contribution in [0.3, 0.4) is 0 Å². The second-order valence-corrected chi connectivity index (χ2v) is 7.69. The van der Waals surface area contributed by atoms with E-state index in [4.69, 9.17) is 0 Å². The molecule has 0 fully saturated rings. The SMILES string of the molecule is CC(C(=O)NCCNC(=O)c1ccc(-c2ccccc2)cc1)N1C(=O)c2ccccc2C1=O. The minimum atomic E-state index is -0.960. The number of amides is 4. The van der Waals surface area contributed by atoms with Crippen molar-refractivity contribution < 1.29 is 19.2 Å². The summed E-state index contributed by atoms with van der Waals surface area (Å²) in [6, 6.07) is 22.7. The Morgan fingerprint density at radius 3 is 1.85 bits per heavy atom. The Kier molecular flexibility index (Phi) is 6.31. The second-order valence-electron chi connectivity index (χ2n) is 7.69. The van der Waals surface area contributed by atoms with Gasteiger partial charge in [0.25, 0.3) is 17.7 Å². The van der Waals surface area contributed by atoms with E-state index in [9.17, 15) is 19.2 Å². The first kappa shape index (κ1) is 22.0. The highest BCUT2D eigenvalue weighted by Gasteiger charge is 2.40. The van der Waals surface area contributed by atoms with Crippen molar-refractivity contribution in [2.75, 3.05) is 13.1 Å². The Morgan fingerprint density at radius 1 is 0.727 bits per heavy atom. The molecule has 4 rings (SSSR count). The normalized spacial score (nSPS) is 13.4. The molecule has 0 saturated heterocycles. The summed E-state index contributed by atoms with van der Waals surface area (Å²) < 4.78 is 0. The molecule has 0 aliphatic carbocycles. The molecule has 7 heteroatoms. The van der Waals surface area contributed by atoms with E-state index in [0.717, 1.165) is 16.0 Å². The molecule has 1 aliphatic rings. The lowest BCUT2D eigenvalue weighted by molar-refractivity contribution is -0.124. The third-order valence-electron chi connectivity index (χ3n) is 5.56. The molecule has 1 atom stereocenters. The number of benzene rings is 3. The fourth-order valence-electron chi connectivity index (χ4n) is 3.73. The zero-order valence-electron chi connectivity index (χ0n) is 18.1. The van der Waals surface area contributed by atoms with Gasteiger partial charge in [-0.1, -0.05) is 54.6 Å². The molecule has 7 nitrogen and oxygen atoms in total. The maximum Gasteiger partial charge on any atom is 0.262 e. The molecular weight excluding hydrogens is 418 g/mol. The van der Waals surface area contributed by atoms with Crippen LogP contribution in [0.1, 0.15) is 38.0 Å². The van der Waals surface area contributed by atoms with Crippen molar-refractivity contribution in [3.8, 4) is 11.1 Å². The van der Waals surface area contributed by atoms with Crippen LogP contribution < -0.4 is 10.6 Å². The lowest BCUT2D eigenvalue weighted by Gasteiger charge is -2.21. The molecule has 0 aromatic heterocycles. The first-order chi connectivity index (χ1) is 16.0. The first-order valence-electron chi connectivity index (χ1n) is 10.7. The van der Waals surface area contributed by atoms with Crippen molar-refractivity contribution in [2.24, 2.45) is 0 Å². The van der Waals surface area contributed by atoms with Crippen molar-refractivity contribution in [3.05, 3.63) is 95.6 Å². The number of hydrogen-bond acceptors (Lipinski definition) is 4. The van der Waals surface area contributed by atoms with Gasteiger partial charge in [0.05, 0.1) is 11.1 Å². The first-order valence-corrected chi connectivity index (χ1v) is 10.7. The van der Waals surface area contributed by atoms with Gasteiger partial charge < -0.3 is 10.6 Å². The Morgan fingerprint density at radius 2 is 1.24 bits per heavy atom. The third-order valence-corrected chi connectivity index (χ3v) is 5.56. The van der Waals surface area contributed by atoms with Crippen molar-refractivity contribution in [2.45, 2.75) is 13.0 Å². The van der Waals surface area contributed by atoms with E-state index in [1.54, 1.807) is 36.4 Å². The predicted octanol–water partition coefficient (Wildman–Crippen LogP) is 2.88. The molecule has 2 N–H and O–H groups in total. The summed E-state index contributed by atoms with van der Waals surface area (Å²) in [6.07, 6.45) is 0. The third kappa shape index (κ3) is 4.52. The molecule has 1 heterocycles. The fraction of sp³-hybridized carbons (Fsp3) is 0.154. The number of nitrogens with zero attached hydrogens (tertiary/aromatic N) is 1. The molecule has 4 amide bonds. The molecular formula is C26H23N3O4. The van der Waals surface area contributed by atoms with Gasteiger partial charge >= 0.3 is 0 Å². The van der Waals surface area contributed by atoms with Gasteiger partial charge in [0.1, 0.15) is 6.04 Å². The van der Waals surface area contributed by atoms with Gasteiger partial charge in [-0.25, -0.2) is 0 Å². The van der Waals surface area contributed by atoms with E-state index in [0.29, 0.717) is 16.7 Å². The van der Waals surface area contributed by atoms with Crippen molar-refractivity contribution in [1.29, 1.82) is 0 Å². The minimum Gasteiger partial charge on any atom is -0.353 e. The number of carbonyl (C=O) groups excluding carboxylic acids is 4. The summed E-state index contributed by atoms with van der Waals surface area (Å²) in [4.78, 5) is 50.8. The molecule has 1 aliphatic heterocycles. The number of hydrogen-bond donors (Lipinski definition) is 2. The second kappa shape index (κ2) is 9.48. The van der Waals surface area contributed by atoms with Gasteiger partial charge in [-0.3, -0.25) is 24.1 Å². The molecule has 3 aromatic rings. The minimum absolute atomic E-state index is 0.167. The van der Waals surface area contributed by atoms with Crippen LogP contribution >= 0.6 is 0 Å². The summed E-state index contributed by atoms with van der Waals surface area (Å²) in [6.45, 7) is 1.88. The van der Waals surface area contributed by atoms with Gasteiger partial charge in [-0.15, -0.1) is 0 Å². The van der Waals surface area contributed by atoms with Crippen LogP contribution in [0.15, 0.2) is 78.9 Å². The van der Waals surface area contributed by atoms with E-state index in [2.05, 4.69) is 10.6 Å². The van der Waals surface area contributed by atoms with E-state index >= 15 is 0 Å². The molecule has 0 spiro atoms. The van der Waals surface area contributed by atoms with Gasteiger partial charge in [-0.05, 0) is 42.3 Å². The lowest BCUT2D eigenvalue weighted by Crippen LogP contribution is -2.49. The zero-order valence-corrected chi connectivity index (χ0v) is 18.1. The number of imide groups is 1. The molecule has 0 radical (unpaired) electrons. The highest BCUT2D eigenvalue weighted by Crippen LogP contribution is 2.24. The molecule has 0 bridgehead atoms. The van der Waals surface area contributed by atoms with Gasteiger partial charge in [0.15, 0.2) is 0 Å². The van der Waals surface area contributed by atoms with E-state index < -0.39 is 23.8 Å². The van der Waals surface area contributed by atoms with Crippen LogP contribution in [0.4, 0.5) is 0 Å². The van der Waals surface area contributed by atoms with Gasteiger partial charge in [0.2, 0.25) is 5.91 Å². The highest BCUT2D eigenvalue weighted by molar-refractivity contribution is 6.22. The van der Waals surface area contributed by atoms with Crippen molar-refractivity contribution >= 4 is 23.6 Å². The van der Waals surface area contributed by atoms with Gasteiger partial charge in [-0.2, -0.15) is 0 Å². The van der Waals surface area contributed by atoms with Crippen molar-refractivity contribution in [1.82, 2.24) is 15.5 Å². The van der Waals surface area contributed by atoms with E-state index in [-0.39, 0.29) is 19.0 Å². The standard InChI is InChI=1S/C26H23N3O4/c1-17(29-25(32)21-9-5-6-10-22(21)26(29)33)23(30)27-15-16-28-24(31)20-13-11-19(12-14-20)18-7-3-2-4-8-18/h2-14,17H,15-16H2,1H3,(H,27,30)(H,28,31). The van der Waals surface area contributed by atoms with Crippen molar-refractivity contribution in [3.63, 3.8) is 0 Å². The molecule has 1 unspecified atom stereocenters. The topological polar surface area (TPSA) is 95.6 Å². The number of rotatable bonds is 7. The van der Waals surface area contributed by atoms with E-state index in [1.165, 1.54) is 6.92 Å². The van der Waals surface area contributed by atoms with E-state index in [1.807, 2.05) is 42.5 Å². The van der Waals surface area contributed by atoms with Gasteiger partial charge in [0, 0.05) is 18.7 Å². The monoisotopic (exact) mass is 441 g/mol. The van der Waals surface area contributed by atoms with Crippen LogP contribution in [0.2, 0.25) is 0 Å². The average Bonchev–Trinajstić information content (AvgIpc) is 3.11. The fourth-order valence-corrected chi connectivity index (χ4v) is 3.73. The summed E-state index contributed by atoms with van der Waals surface area (Å²) in [5.41, 5.74) is 3.20. The van der Waals surface area contributed by atoms with Crippen LogP contribution in [0.25, 0.3) is 11.1 Å². The lowest BCUT2D eigenvalue weighted by atomic mass is 10.0. The quantitative estimate of drug-likeness (QED) is 0.435. The highest BCUT2D eigenvalue weighted by atomic mass is 16.2. The predicted molar refractivity (Wildman–Crippen MR) is 124 cm³/mol. The summed E-state index contributed by atoms with van der Waals surface area (Å²) in [5, 5.41) is 5.42. The molecule has 0 saturated carbocycles. The summed E-state index contributed by atoms with van der Waals surface area (Å²) >= 11 is 0. The summed E-state index contributed by atoms with van der Waals surface area (Å²) in [7, 11) is 0. The van der Waals surface area contributed by atoms with Crippen LogP contribution in [-0.2, 0) is 4.79 Å².